The van der Waals surface area contributed by atoms with Gasteiger partial charge in [-0.2, -0.15) is 22.0 Å². The number of methoxy groups -OCH3 is 1. The van der Waals surface area contributed by atoms with Gasteiger partial charge in [-0.05, 0) is 24.6 Å². The van der Waals surface area contributed by atoms with Gasteiger partial charge in [-0.25, -0.2) is 0 Å². The summed E-state index contributed by atoms with van der Waals surface area (Å²) in [6.45, 7) is 1.20. The van der Waals surface area contributed by atoms with Gasteiger partial charge in [0.05, 0.1) is 12.0 Å². The van der Waals surface area contributed by atoms with Crippen molar-refractivity contribution in [2.24, 2.45) is 0 Å². The first-order valence-corrected chi connectivity index (χ1v) is 6.07. The van der Waals surface area contributed by atoms with Gasteiger partial charge in [0.15, 0.2) is 0 Å². The summed E-state index contributed by atoms with van der Waals surface area (Å²) in [7, 11) is 1.10. The highest BCUT2D eigenvalue weighted by atomic mass is 79.9. The van der Waals surface area contributed by atoms with E-state index >= 15 is 0 Å². The van der Waals surface area contributed by atoms with Crippen LogP contribution in [0.5, 0.6) is 0 Å². The molecule has 1 aromatic carbocycles. The van der Waals surface area contributed by atoms with Crippen LogP contribution in [0.15, 0.2) is 28.7 Å². The zero-order valence-corrected chi connectivity index (χ0v) is 11.8. The summed E-state index contributed by atoms with van der Waals surface area (Å²) < 4.78 is 68.7. The van der Waals surface area contributed by atoms with E-state index in [1.54, 1.807) is 12.1 Å². The van der Waals surface area contributed by atoms with E-state index in [1.807, 2.05) is 0 Å². The Balaban J connectivity index is 3.12. The Morgan fingerprint density at radius 1 is 1.16 bits per heavy atom. The molecule has 0 saturated carbocycles. The molecular weight excluding hydrogens is 335 g/mol. The molecule has 1 aromatic rings. The zero-order valence-electron chi connectivity index (χ0n) is 10.2. The number of hydrogen-bond acceptors (Lipinski definition) is 1. The number of hydrogen-bond donors (Lipinski definition) is 0. The fourth-order valence-corrected chi connectivity index (χ4v) is 2.03. The molecule has 19 heavy (non-hydrogen) atoms. The maximum Gasteiger partial charge on any atom is 0.453 e. The second-order valence-electron chi connectivity index (χ2n) is 4.32. The minimum absolute atomic E-state index is 0.244. The summed E-state index contributed by atoms with van der Waals surface area (Å²) in [5.41, 5.74) is -1.49. The van der Waals surface area contributed by atoms with E-state index in [2.05, 4.69) is 15.9 Å². The van der Waals surface area contributed by atoms with Crippen molar-refractivity contribution >= 4 is 15.9 Å². The Morgan fingerprint density at radius 3 is 2.16 bits per heavy atom. The molecular formula is C12H12BrF5O. The standard InChI is InChI=1S/C12H12BrF5O/c1-10(19-2,7-11(14,15)12(16,17)18)8-4-3-5-9(13)6-8/h3-6H,7H2,1-2H3. The van der Waals surface area contributed by atoms with E-state index < -0.39 is 24.1 Å². The Bertz CT molecular complexity index is 446. The fourth-order valence-electron chi connectivity index (χ4n) is 1.63. The average molecular weight is 347 g/mol. The lowest BCUT2D eigenvalue weighted by atomic mass is 9.89. The topological polar surface area (TPSA) is 9.23 Å². The van der Waals surface area contributed by atoms with Crippen molar-refractivity contribution in [2.75, 3.05) is 7.11 Å². The molecule has 7 heteroatoms. The van der Waals surface area contributed by atoms with Crippen LogP contribution >= 0.6 is 15.9 Å². The maximum absolute atomic E-state index is 13.2. The molecule has 1 atom stereocenters. The van der Waals surface area contributed by atoms with Crippen molar-refractivity contribution in [2.45, 2.75) is 31.0 Å². The lowest BCUT2D eigenvalue weighted by Crippen LogP contribution is -2.43. The SMILES string of the molecule is COC(C)(CC(F)(F)C(F)(F)F)c1cccc(Br)c1. The van der Waals surface area contributed by atoms with E-state index in [-0.39, 0.29) is 5.56 Å². The van der Waals surface area contributed by atoms with Gasteiger partial charge in [0.2, 0.25) is 0 Å². The largest absolute Gasteiger partial charge is 0.453 e. The van der Waals surface area contributed by atoms with Crippen LogP contribution in [-0.4, -0.2) is 19.2 Å². The lowest BCUT2D eigenvalue weighted by Gasteiger charge is -2.33. The molecule has 0 bridgehead atoms. The molecule has 1 nitrogen and oxygen atoms in total. The van der Waals surface area contributed by atoms with Gasteiger partial charge in [0.25, 0.3) is 0 Å². The normalized spacial score (nSPS) is 16.2. The molecule has 0 aliphatic heterocycles. The summed E-state index contributed by atoms with van der Waals surface area (Å²) in [6, 6.07) is 6.08. The van der Waals surface area contributed by atoms with Gasteiger partial charge in [-0.15, -0.1) is 0 Å². The monoisotopic (exact) mass is 346 g/mol. The predicted octanol–water partition coefficient (Wildman–Crippen LogP) is 4.90. The smallest absolute Gasteiger partial charge is 0.374 e. The first-order valence-electron chi connectivity index (χ1n) is 5.27. The molecule has 1 rings (SSSR count). The van der Waals surface area contributed by atoms with Gasteiger partial charge >= 0.3 is 12.1 Å². The summed E-state index contributed by atoms with van der Waals surface area (Å²) >= 11 is 3.14. The minimum Gasteiger partial charge on any atom is -0.374 e. The van der Waals surface area contributed by atoms with Crippen LogP contribution < -0.4 is 0 Å². The molecule has 1 unspecified atom stereocenters. The number of alkyl halides is 5. The van der Waals surface area contributed by atoms with Gasteiger partial charge in [-0.3, -0.25) is 0 Å². The van der Waals surface area contributed by atoms with Crippen LogP contribution in [0.25, 0.3) is 0 Å². The molecule has 0 heterocycles. The minimum atomic E-state index is -5.60. The summed E-state index contributed by atoms with van der Waals surface area (Å²) in [5.74, 6) is -4.82. The van der Waals surface area contributed by atoms with Crippen LogP contribution in [0.4, 0.5) is 22.0 Å². The Hall–Kier alpha value is -0.690. The molecule has 0 aromatic heterocycles. The van der Waals surface area contributed by atoms with E-state index in [0.717, 1.165) is 7.11 Å². The first kappa shape index (κ1) is 16.4. The summed E-state index contributed by atoms with van der Waals surface area (Å²) in [6.07, 6.45) is -7.07. The van der Waals surface area contributed by atoms with E-state index in [4.69, 9.17) is 4.74 Å². The highest BCUT2D eigenvalue weighted by Gasteiger charge is 2.60. The molecule has 0 aliphatic rings. The van der Waals surface area contributed by atoms with E-state index in [0.29, 0.717) is 4.47 Å². The van der Waals surface area contributed by atoms with Gasteiger partial charge in [0.1, 0.15) is 0 Å². The molecule has 108 valence electrons. The fraction of sp³-hybridized carbons (Fsp3) is 0.500. The van der Waals surface area contributed by atoms with Crippen molar-refractivity contribution in [1.29, 1.82) is 0 Å². The van der Waals surface area contributed by atoms with Gasteiger partial charge < -0.3 is 4.74 Å². The van der Waals surface area contributed by atoms with Crippen LogP contribution in [0, 0.1) is 0 Å². The van der Waals surface area contributed by atoms with Crippen molar-refractivity contribution in [3.8, 4) is 0 Å². The Morgan fingerprint density at radius 2 is 1.74 bits per heavy atom. The Labute approximate surface area is 115 Å². The third-order valence-corrected chi connectivity index (χ3v) is 3.35. The van der Waals surface area contributed by atoms with Crippen LogP contribution in [0.3, 0.4) is 0 Å². The average Bonchev–Trinajstić information content (AvgIpc) is 2.26. The number of halogens is 6. The quantitative estimate of drug-likeness (QED) is 0.704. The van der Waals surface area contributed by atoms with Gasteiger partial charge in [0, 0.05) is 11.6 Å². The highest BCUT2D eigenvalue weighted by molar-refractivity contribution is 9.10. The van der Waals surface area contributed by atoms with Crippen molar-refractivity contribution < 1.29 is 26.7 Å². The molecule has 0 spiro atoms. The number of rotatable bonds is 4. The van der Waals surface area contributed by atoms with Gasteiger partial charge in [-0.1, -0.05) is 28.1 Å². The maximum atomic E-state index is 13.2. The molecule has 0 saturated heterocycles. The van der Waals surface area contributed by atoms with E-state index in [9.17, 15) is 22.0 Å². The zero-order chi connectivity index (χ0) is 14.9. The molecule has 0 amide bonds. The predicted molar refractivity (Wildman–Crippen MR) is 64.1 cm³/mol. The third kappa shape index (κ3) is 3.66. The number of benzene rings is 1. The molecule has 0 aliphatic carbocycles. The van der Waals surface area contributed by atoms with Crippen LogP contribution in [0.1, 0.15) is 18.9 Å². The second kappa shape index (κ2) is 5.36. The lowest BCUT2D eigenvalue weighted by molar-refractivity contribution is -0.298. The molecule has 0 radical (unpaired) electrons. The highest BCUT2D eigenvalue weighted by Crippen LogP contribution is 2.45. The first-order chi connectivity index (χ1) is 8.52. The van der Waals surface area contributed by atoms with Crippen molar-refractivity contribution in [3.63, 3.8) is 0 Å². The van der Waals surface area contributed by atoms with Crippen LogP contribution in [0.2, 0.25) is 0 Å². The molecule has 0 fully saturated rings. The second-order valence-corrected chi connectivity index (χ2v) is 5.24. The molecule has 0 N–H and O–H groups in total. The third-order valence-electron chi connectivity index (χ3n) is 2.86. The Kier molecular flexibility index (Phi) is 4.62. The number of ether oxygens (including phenoxy) is 1. The van der Waals surface area contributed by atoms with Crippen LogP contribution in [-0.2, 0) is 10.3 Å². The van der Waals surface area contributed by atoms with Crippen molar-refractivity contribution in [3.05, 3.63) is 34.3 Å². The van der Waals surface area contributed by atoms with E-state index in [1.165, 1.54) is 19.1 Å². The van der Waals surface area contributed by atoms with Crippen molar-refractivity contribution in [1.82, 2.24) is 0 Å². The summed E-state index contributed by atoms with van der Waals surface area (Å²) in [5, 5.41) is 0. The summed E-state index contributed by atoms with van der Waals surface area (Å²) in [4.78, 5) is 0.